The molecule has 2 rings (SSSR count). The van der Waals surface area contributed by atoms with Crippen LogP contribution < -0.4 is 9.46 Å². The van der Waals surface area contributed by atoms with Crippen LogP contribution in [0.4, 0.5) is 5.69 Å². The summed E-state index contributed by atoms with van der Waals surface area (Å²) in [6.45, 7) is 2.76. The Kier molecular flexibility index (Phi) is 4.85. The van der Waals surface area contributed by atoms with Crippen LogP contribution in [0.3, 0.4) is 0 Å². The first-order valence-electron chi connectivity index (χ1n) is 6.75. The van der Waals surface area contributed by atoms with Gasteiger partial charge in [-0.15, -0.1) is 0 Å². The van der Waals surface area contributed by atoms with Gasteiger partial charge in [0, 0.05) is 18.9 Å². The standard InChI is InChI=1S/C14H19N3O3S/c1-3-4-9-20-13-7-5-12(6-8-13)16-21(18,19)14-10-17(2)11-15-14/h5-8,10-11,16H,3-4,9H2,1-2H3. The zero-order chi connectivity index (χ0) is 15.3. The van der Waals surface area contributed by atoms with E-state index < -0.39 is 10.0 Å². The zero-order valence-electron chi connectivity index (χ0n) is 12.1. The van der Waals surface area contributed by atoms with Gasteiger partial charge in [0.05, 0.1) is 12.9 Å². The first-order valence-corrected chi connectivity index (χ1v) is 8.23. The Morgan fingerprint density at radius 3 is 2.57 bits per heavy atom. The summed E-state index contributed by atoms with van der Waals surface area (Å²) in [6.07, 6.45) is 4.96. The van der Waals surface area contributed by atoms with Crippen LogP contribution in [0.5, 0.6) is 5.75 Å². The molecule has 0 fully saturated rings. The number of ether oxygens (including phenoxy) is 1. The molecule has 0 unspecified atom stereocenters. The highest BCUT2D eigenvalue weighted by atomic mass is 32.2. The molecule has 0 spiro atoms. The largest absolute Gasteiger partial charge is 0.494 e. The fraction of sp³-hybridized carbons (Fsp3) is 0.357. The van der Waals surface area contributed by atoms with Crippen molar-refractivity contribution in [2.45, 2.75) is 24.8 Å². The third-order valence-corrected chi connectivity index (χ3v) is 4.10. The van der Waals surface area contributed by atoms with Crippen molar-refractivity contribution in [1.29, 1.82) is 0 Å². The molecule has 0 amide bonds. The zero-order valence-corrected chi connectivity index (χ0v) is 12.9. The van der Waals surface area contributed by atoms with Gasteiger partial charge in [-0.25, -0.2) is 4.98 Å². The van der Waals surface area contributed by atoms with Gasteiger partial charge in [-0.1, -0.05) is 13.3 Å². The molecule has 7 heteroatoms. The number of hydrogen-bond donors (Lipinski definition) is 1. The molecule has 1 N–H and O–H groups in total. The van der Waals surface area contributed by atoms with Crippen LogP contribution in [0.1, 0.15) is 19.8 Å². The highest BCUT2D eigenvalue weighted by Gasteiger charge is 2.16. The summed E-state index contributed by atoms with van der Waals surface area (Å²) >= 11 is 0. The van der Waals surface area contributed by atoms with Crippen LogP contribution in [-0.4, -0.2) is 24.6 Å². The lowest BCUT2D eigenvalue weighted by molar-refractivity contribution is 0.309. The van der Waals surface area contributed by atoms with Crippen molar-refractivity contribution in [2.75, 3.05) is 11.3 Å². The molecule has 0 bridgehead atoms. The van der Waals surface area contributed by atoms with Gasteiger partial charge >= 0.3 is 0 Å². The second-order valence-corrected chi connectivity index (χ2v) is 6.34. The molecule has 0 aliphatic carbocycles. The molecule has 0 saturated carbocycles. The van der Waals surface area contributed by atoms with Gasteiger partial charge in [0.25, 0.3) is 10.0 Å². The lowest BCUT2D eigenvalue weighted by Crippen LogP contribution is -2.13. The van der Waals surface area contributed by atoms with Crippen molar-refractivity contribution in [1.82, 2.24) is 9.55 Å². The van der Waals surface area contributed by atoms with E-state index in [2.05, 4.69) is 16.6 Å². The van der Waals surface area contributed by atoms with Crippen molar-refractivity contribution in [2.24, 2.45) is 7.05 Å². The number of nitrogens with one attached hydrogen (secondary N) is 1. The van der Waals surface area contributed by atoms with Gasteiger partial charge in [-0.2, -0.15) is 8.42 Å². The molecular weight excluding hydrogens is 290 g/mol. The van der Waals surface area contributed by atoms with E-state index in [1.165, 1.54) is 12.5 Å². The van der Waals surface area contributed by atoms with E-state index in [1.54, 1.807) is 35.9 Å². The van der Waals surface area contributed by atoms with Crippen molar-refractivity contribution < 1.29 is 13.2 Å². The molecule has 0 radical (unpaired) electrons. The van der Waals surface area contributed by atoms with Crippen LogP contribution in [0, 0.1) is 0 Å². The fourth-order valence-electron chi connectivity index (χ4n) is 1.69. The number of anilines is 1. The Morgan fingerprint density at radius 2 is 2.00 bits per heavy atom. The van der Waals surface area contributed by atoms with E-state index in [-0.39, 0.29) is 5.03 Å². The first kappa shape index (κ1) is 15.4. The monoisotopic (exact) mass is 309 g/mol. The maximum Gasteiger partial charge on any atom is 0.280 e. The second-order valence-electron chi connectivity index (χ2n) is 4.71. The number of benzene rings is 1. The van der Waals surface area contributed by atoms with Crippen LogP contribution in [0.25, 0.3) is 0 Å². The minimum atomic E-state index is -3.65. The quantitative estimate of drug-likeness (QED) is 0.797. The number of unbranched alkanes of at least 4 members (excludes halogenated alkanes) is 1. The number of nitrogens with zero attached hydrogens (tertiary/aromatic N) is 2. The first-order chi connectivity index (χ1) is 10.0. The molecular formula is C14H19N3O3S. The highest BCUT2D eigenvalue weighted by molar-refractivity contribution is 7.92. The Labute approximate surface area is 124 Å². The number of sulfonamides is 1. The molecule has 1 heterocycles. The molecule has 0 aliphatic heterocycles. The molecule has 1 aromatic carbocycles. The van der Waals surface area contributed by atoms with Crippen LogP contribution in [0.15, 0.2) is 41.8 Å². The van der Waals surface area contributed by atoms with Crippen LogP contribution in [0.2, 0.25) is 0 Å². The number of hydrogen-bond acceptors (Lipinski definition) is 4. The molecule has 21 heavy (non-hydrogen) atoms. The lowest BCUT2D eigenvalue weighted by Gasteiger charge is -2.08. The average Bonchev–Trinajstić information content (AvgIpc) is 2.88. The summed E-state index contributed by atoms with van der Waals surface area (Å²) < 4.78 is 33.8. The van der Waals surface area contributed by atoms with Crippen molar-refractivity contribution in [3.05, 3.63) is 36.8 Å². The summed E-state index contributed by atoms with van der Waals surface area (Å²) in [6, 6.07) is 6.82. The summed E-state index contributed by atoms with van der Waals surface area (Å²) in [7, 11) is -1.93. The van der Waals surface area contributed by atoms with Gasteiger partial charge in [0.15, 0.2) is 5.03 Å². The molecule has 0 atom stereocenters. The number of aryl methyl sites for hydroxylation is 1. The maximum absolute atomic E-state index is 12.1. The Morgan fingerprint density at radius 1 is 1.29 bits per heavy atom. The SMILES string of the molecule is CCCCOc1ccc(NS(=O)(=O)c2cn(C)cn2)cc1. The minimum absolute atomic E-state index is 0.00623. The van der Waals surface area contributed by atoms with E-state index in [0.717, 1.165) is 18.6 Å². The van der Waals surface area contributed by atoms with E-state index in [0.29, 0.717) is 12.3 Å². The Bertz CT molecular complexity index is 678. The van der Waals surface area contributed by atoms with Crippen molar-refractivity contribution >= 4 is 15.7 Å². The third-order valence-electron chi connectivity index (χ3n) is 2.83. The van der Waals surface area contributed by atoms with Crippen molar-refractivity contribution in [3.63, 3.8) is 0 Å². The predicted molar refractivity (Wildman–Crippen MR) is 80.9 cm³/mol. The maximum atomic E-state index is 12.1. The summed E-state index contributed by atoms with van der Waals surface area (Å²) in [4.78, 5) is 3.84. The van der Waals surface area contributed by atoms with Crippen LogP contribution >= 0.6 is 0 Å². The highest BCUT2D eigenvalue weighted by Crippen LogP contribution is 2.19. The Hall–Kier alpha value is -2.02. The van der Waals surface area contributed by atoms with Gasteiger partial charge in [0.2, 0.25) is 0 Å². The van der Waals surface area contributed by atoms with Gasteiger partial charge < -0.3 is 9.30 Å². The normalized spacial score (nSPS) is 11.3. The van der Waals surface area contributed by atoms with E-state index >= 15 is 0 Å². The van der Waals surface area contributed by atoms with E-state index in [1.807, 2.05) is 0 Å². The van der Waals surface area contributed by atoms with Crippen molar-refractivity contribution in [3.8, 4) is 5.75 Å². The number of imidazole rings is 1. The molecule has 1 aromatic heterocycles. The summed E-state index contributed by atoms with van der Waals surface area (Å²) in [5.41, 5.74) is 0.475. The molecule has 6 nitrogen and oxygen atoms in total. The number of aromatic nitrogens is 2. The summed E-state index contributed by atoms with van der Waals surface area (Å²) in [5.74, 6) is 0.726. The van der Waals surface area contributed by atoms with Gasteiger partial charge in [0.1, 0.15) is 5.75 Å². The average molecular weight is 309 g/mol. The smallest absolute Gasteiger partial charge is 0.280 e. The van der Waals surface area contributed by atoms with Gasteiger partial charge in [-0.05, 0) is 30.7 Å². The molecule has 0 aliphatic rings. The third kappa shape index (κ3) is 4.22. The predicted octanol–water partition coefficient (Wildman–Crippen LogP) is 2.40. The molecule has 0 saturated heterocycles. The van der Waals surface area contributed by atoms with E-state index in [4.69, 9.17) is 4.74 Å². The molecule has 2 aromatic rings. The fourth-order valence-corrected chi connectivity index (χ4v) is 2.73. The summed E-state index contributed by atoms with van der Waals surface area (Å²) in [5, 5.41) is -0.00623. The second kappa shape index (κ2) is 6.62. The number of rotatable bonds is 7. The Balaban J connectivity index is 2.03. The molecule has 114 valence electrons. The topological polar surface area (TPSA) is 73.2 Å². The van der Waals surface area contributed by atoms with E-state index in [9.17, 15) is 8.42 Å². The van der Waals surface area contributed by atoms with Crippen LogP contribution in [-0.2, 0) is 17.1 Å². The lowest BCUT2D eigenvalue weighted by atomic mass is 10.3. The van der Waals surface area contributed by atoms with Gasteiger partial charge in [-0.3, -0.25) is 4.72 Å². The minimum Gasteiger partial charge on any atom is -0.494 e.